The van der Waals surface area contributed by atoms with Crippen molar-refractivity contribution in [3.8, 4) is 0 Å². The molecule has 1 unspecified atom stereocenters. The van der Waals surface area contributed by atoms with Crippen LogP contribution in [0.25, 0.3) is 11.0 Å². The summed E-state index contributed by atoms with van der Waals surface area (Å²) in [5.41, 5.74) is 2.11. The highest BCUT2D eigenvalue weighted by molar-refractivity contribution is 6.31. The number of hydrogen-bond donors (Lipinski definition) is 2. The molecule has 0 aliphatic carbocycles. The molecule has 0 bridgehead atoms. The molecule has 1 saturated heterocycles. The van der Waals surface area contributed by atoms with Gasteiger partial charge in [-0.25, -0.2) is 4.98 Å². The van der Waals surface area contributed by atoms with Crippen molar-refractivity contribution < 1.29 is 9.59 Å². The zero-order valence-corrected chi connectivity index (χ0v) is 14.5. The van der Waals surface area contributed by atoms with Gasteiger partial charge in [0, 0.05) is 35.3 Å². The van der Waals surface area contributed by atoms with Crippen molar-refractivity contribution in [1.29, 1.82) is 0 Å². The van der Waals surface area contributed by atoms with E-state index in [2.05, 4.69) is 20.5 Å². The summed E-state index contributed by atoms with van der Waals surface area (Å²) in [5.74, 6) is -0.632. The molecule has 4 rings (SSSR count). The van der Waals surface area contributed by atoms with Gasteiger partial charge in [0.25, 0.3) is 0 Å². The van der Waals surface area contributed by atoms with Crippen molar-refractivity contribution in [1.82, 2.24) is 20.5 Å². The van der Waals surface area contributed by atoms with E-state index in [1.807, 2.05) is 18.2 Å². The summed E-state index contributed by atoms with van der Waals surface area (Å²) in [6.45, 7) is 0.652. The number of nitrogens with zero attached hydrogens (tertiary/aromatic N) is 3. The minimum absolute atomic E-state index is 0.0800. The third kappa shape index (κ3) is 3.13. The number of anilines is 1. The largest absolute Gasteiger partial charge is 0.350 e. The predicted molar refractivity (Wildman–Crippen MR) is 97.6 cm³/mol. The summed E-state index contributed by atoms with van der Waals surface area (Å²) in [6.07, 6.45) is 1.85. The Balaban J connectivity index is 1.42. The van der Waals surface area contributed by atoms with Crippen LogP contribution >= 0.6 is 11.6 Å². The Hall–Kier alpha value is -2.93. The van der Waals surface area contributed by atoms with Crippen LogP contribution in [0.15, 0.2) is 42.6 Å². The maximum atomic E-state index is 12.5. The lowest BCUT2D eigenvalue weighted by molar-refractivity contribution is -0.126. The minimum atomic E-state index is -0.395. The fourth-order valence-electron chi connectivity index (χ4n) is 3.13. The van der Waals surface area contributed by atoms with Crippen molar-refractivity contribution >= 4 is 40.1 Å². The lowest BCUT2D eigenvalue weighted by Gasteiger charge is -2.17. The van der Waals surface area contributed by atoms with Crippen molar-refractivity contribution in [2.45, 2.75) is 13.0 Å². The van der Waals surface area contributed by atoms with Crippen LogP contribution in [-0.4, -0.2) is 33.5 Å². The minimum Gasteiger partial charge on any atom is -0.350 e. The second kappa shape index (κ2) is 6.76. The number of pyridine rings is 1. The average Bonchev–Trinajstić information content (AvgIpc) is 3.23. The average molecular weight is 370 g/mol. The van der Waals surface area contributed by atoms with E-state index in [0.29, 0.717) is 29.4 Å². The van der Waals surface area contributed by atoms with Gasteiger partial charge in [0.05, 0.1) is 18.2 Å². The summed E-state index contributed by atoms with van der Waals surface area (Å²) in [7, 11) is 0. The van der Waals surface area contributed by atoms with Crippen molar-refractivity contribution in [3.05, 3.63) is 53.3 Å². The Morgan fingerprint density at radius 3 is 3.08 bits per heavy atom. The first-order chi connectivity index (χ1) is 12.6. The van der Waals surface area contributed by atoms with Crippen LogP contribution in [0.3, 0.4) is 0 Å². The number of nitrogens with one attached hydrogen (secondary N) is 2. The summed E-state index contributed by atoms with van der Waals surface area (Å²) >= 11 is 5.99. The maximum absolute atomic E-state index is 12.5. The van der Waals surface area contributed by atoms with Gasteiger partial charge in [0.15, 0.2) is 5.65 Å². The van der Waals surface area contributed by atoms with E-state index in [1.165, 1.54) is 0 Å². The Morgan fingerprint density at radius 2 is 2.23 bits per heavy atom. The summed E-state index contributed by atoms with van der Waals surface area (Å²) < 4.78 is 0. The van der Waals surface area contributed by atoms with Crippen LogP contribution in [-0.2, 0) is 16.1 Å². The van der Waals surface area contributed by atoms with E-state index in [-0.39, 0.29) is 18.2 Å². The first-order valence-corrected chi connectivity index (χ1v) is 8.61. The Bertz CT molecular complexity index is 986. The van der Waals surface area contributed by atoms with Gasteiger partial charge in [-0.3, -0.25) is 14.7 Å². The van der Waals surface area contributed by atoms with E-state index in [0.717, 1.165) is 11.1 Å². The molecule has 26 heavy (non-hydrogen) atoms. The summed E-state index contributed by atoms with van der Waals surface area (Å²) in [4.78, 5) is 30.5. The second-order valence-corrected chi connectivity index (χ2v) is 6.62. The smallest absolute Gasteiger partial charge is 0.227 e. The van der Waals surface area contributed by atoms with Crippen LogP contribution in [0, 0.1) is 5.92 Å². The highest BCUT2D eigenvalue weighted by atomic mass is 35.5. The quantitative estimate of drug-likeness (QED) is 0.738. The predicted octanol–water partition coefficient (Wildman–Crippen LogP) is 2.28. The first-order valence-electron chi connectivity index (χ1n) is 8.23. The number of fused-ring (bicyclic) bond motifs is 1. The monoisotopic (exact) mass is 369 g/mol. The topological polar surface area (TPSA) is 91.0 Å². The van der Waals surface area contributed by atoms with Crippen LogP contribution < -0.4 is 10.2 Å². The van der Waals surface area contributed by atoms with Crippen molar-refractivity contribution in [2.75, 3.05) is 11.4 Å². The van der Waals surface area contributed by atoms with Gasteiger partial charge in [-0.2, -0.15) is 5.10 Å². The van der Waals surface area contributed by atoms with E-state index >= 15 is 0 Å². The van der Waals surface area contributed by atoms with Gasteiger partial charge >= 0.3 is 0 Å². The van der Waals surface area contributed by atoms with Crippen molar-refractivity contribution in [2.24, 2.45) is 5.92 Å². The highest BCUT2D eigenvalue weighted by Crippen LogP contribution is 2.27. The van der Waals surface area contributed by atoms with E-state index < -0.39 is 5.92 Å². The van der Waals surface area contributed by atoms with Crippen LogP contribution in [0.1, 0.15) is 12.1 Å². The summed E-state index contributed by atoms with van der Waals surface area (Å²) in [5, 5.41) is 11.3. The standard InChI is InChI=1S/C18H16ClN5O2/c19-12-3-1-4-13(8-12)24-10-11(7-16(24)25)18(26)21-9-15-14-5-2-6-20-17(14)23-22-15/h1-6,8,11H,7,9-10H2,(H,21,26)(H,20,22,23). The molecular formula is C18H16ClN5O2. The highest BCUT2D eigenvalue weighted by Gasteiger charge is 2.35. The molecule has 0 saturated carbocycles. The molecule has 2 aromatic heterocycles. The summed E-state index contributed by atoms with van der Waals surface area (Å²) in [6, 6.07) is 10.8. The number of rotatable bonds is 4. The lowest BCUT2D eigenvalue weighted by atomic mass is 10.1. The van der Waals surface area contributed by atoms with Crippen LogP contribution in [0.4, 0.5) is 5.69 Å². The van der Waals surface area contributed by atoms with E-state index in [4.69, 9.17) is 11.6 Å². The molecule has 7 nitrogen and oxygen atoms in total. The third-order valence-electron chi connectivity index (χ3n) is 4.46. The number of halogens is 1. The maximum Gasteiger partial charge on any atom is 0.227 e. The van der Waals surface area contributed by atoms with Gasteiger partial charge in [-0.05, 0) is 30.3 Å². The SMILES string of the molecule is O=C(NCc1[nH]nc2ncccc12)C1CC(=O)N(c2cccc(Cl)c2)C1. The Labute approximate surface area is 154 Å². The van der Waals surface area contributed by atoms with Gasteiger partial charge in [-0.1, -0.05) is 17.7 Å². The van der Waals surface area contributed by atoms with Gasteiger partial charge in [0.1, 0.15) is 0 Å². The first kappa shape index (κ1) is 16.5. The molecule has 0 radical (unpaired) electrons. The fourth-order valence-corrected chi connectivity index (χ4v) is 3.32. The molecule has 1 atom stereocenters. The normalized spacial score (nSPS) is 17.0. The Kier molecular flexibility index (Phi) is 4.30. The Morgan fingerprint density at radius 1 is 1.35 bits per heavy atom. The van der Waals surface area contributed by atoms with Crippen molar-refractivity contribution in [3.63, 3.8) is 0 Å². The molecule has 0 spiro atoms. The van der Waals surface area contributed by atoms with Crippen LogP contribution in [0.5, 0.6) is 0 Å². The number of H-pyrrole nitrogens is 1. The molecule has 3 aromatic rings. The number of aromatic amines is 1. The van der Waals surface area contributed by atoms with E-state index in [1.54, 1.807) is 29.3 Å². The molecule has 2 amide bonds. The van der Waals surface area contributed by atoms with Gasteiger partial charge < -0.3 is 10.2 Å². The number of benzene rings is 1. The lowest BCUT2D eigenvalue weighted by Crippen LogP contribution is -2.32. The van der Waals surface area contributed by atoms with Gasteiger partial charge in [-0.15, -0.1) is 0 Å². The molecule has 1 aliphatic rings. The second-order valence-electron chi connectivity index (χ2n) is 6.18. The molecule has 1 aliphatic heterocycles. The zero-order valence-electron chi connectivity index (χ0n) is 13.8. The number of aromatic nitrogens is 3. The molecule has 1 aromatic carbocycles. The molecular weight excluding hydrogens is 354 g/mol. The zero-order chi connectivity index (χ0) is 18.1. The van der Waals surface area contributed by atoms with Crippen LogP contribution in [0.2, 0.25) is 5.02 Å². The molecule has 8 heteroatoms. The number of amides is 2. The van der Waals surface area contributed by atoms with Gasteiger partial charge in [0.2, 0.25) is 11.8 Å². The number of carbonyl (C=O) groups excluding carboxylic acids is 2. The fraction of sp³-hybridized carbons (Fsp3) is 0.222. The molecule has 1 fully saturated rings. The number of hydrogen-bond acceptors (Lipinski definition) is 4. The van der Waals surface area contributed by atoms with E-state index in [9.17, 15) is 9.59 Å². The molecule has 132 valence electrons. The number of carbonyl (C=O) groups is 2. The third-order valence-corrected chi connectivity index (χ3v) is 4.70. The molecule has 2 N–H and O–H groups in total. The molecule has 3 heterocycles.